The van der Waals surface area contributed by atoms with Crippen molar-refractivity contribution in [3.05, 3.63) is 17.0 Å². The molecule has 1 atom stereocenters. The Morgan fingerprint density at radius 1 is 1.42 bits per heavy atom. The Morgan fingerprint density at radius 3 is 2.63 bits per heavy atom. The second-order valence-electron chi connectivity index (χ2n) is 4.72. The van der Waals surface area contributed by atoms with Crippen molar-refractivity contribution >= 4 is 29.2 Å². The highest BCUT2D eigenvalue weighted by Crippen LogP contribution is 2.20. The molecule has 0 spiro atoms. The minimum absolute atomic E-state index is 0.137. The lowest BCUT2D eigenvalue weighted by Gasteiger charge is -2.19. The van der Waals surface area contributed by atoms with Crippen molar-refractivity contribution in [1.82, 2.24) is 14.9 Å². The molecule has 2 amide bonds. The van der Waals surface area contributed by atoms with Gasteiger partial charge in [-0.3, -0.25) is 14.5 Å². The number of nitrogens with zero attached hydrogens (tertiary/aromatic N) is 3. The molecule has 0 aliphatic carbocycles. The van der Waals surface area contributed by atoms with Crippen molar-refractivity contribution in [2.45, 2.75) is 39.3 Å². The molecule has 102 valence electrons. The molecule has 1 aromatic heterocycles. The van der Waals surface area contributed by atoms with E-state index in [1.807, 2.05) is 13.8 Å². The van der Waals surface area contributed by atoms with E-state index in [9.17, 15) is 9.59 Å². The summed E-state index contributed by atoms with van der Waals surface area (Å²) in [5, 5.41) is 3.24. The molecule has 0 aromatic carbocycles. The van der Waals surface area contributed by atoms with E-state index in [2.05, 4.69) is 15.3 Å². The SMILES string of the molecule is Cc1nc(Cl)cc(NC2CC(=O)N(C(C)C)C2=O)n1. The zero-order chi connectivity index (χ0) is 14.2. The Hall–Kier alpha value is -1.69. The number of aromatic nitrogens is 2. The van der Waals surface area contributed by atoms with Crippen LogP contribution in [-0.2, 0) is 9.59 Å². The Balaban J connectivity index is 2.16. The van der Waals surface area contributed by atoms with E-state index in [1.54, 1.807) is 6.92 Å². The fraction of sp³-hybridized carbons (Fsp3) is 0.500. The van der Waals surface area contributed by atoms with Crippen LogP contribution in [0.5, 0.6) is 0 Å². The number of nitrogens with one attached hydrogen (secondary N) is 1. The lowest BCUT2D eigenvalue weighted by Crippen LogP contribution is -2.39. The van der Waals surface area contributed by atoms with Gasteiger partial charge in [0.1, 0.15) is 22.8 Å². The van der Waals surface area contributed by atoms with Gasteiger partial charge in [-0.15, -0.1) is 0 Å². The quantitative estimate of drug-likeness (QED) is 0.670. The average Bonchev–Trinajstić information content (AvgIpc) is 2.52. The van der Waals surface area contributed by atoms with Gasteiger partial charge in [-0.2, -0.15) is 0 Å². The van der Waals surface area contributed by atoms with Crippen molar-refractivity contribution in [1.29, 1.82) is 0 Å². The summed E-state index contributed by atoms with van der Waals surface area (Å²) in [5.41, 5.74) is 0. The van der Waals surface area contributed by atoms with Gasteiger partial charge in [-0.1, -0.05) is 11.6 Å². The summed E-state index contributed by atoms with van der Waals surface area (Å²) in [4.78, 5) is 33.2. The number of amides is 2. The van der Waals surface area contributed by atoms with E-state index >= 15 is 0 Å². The smallest absolute Gasteiger partial charge is 0.252 e. The summed E-state index contributed by atoms with van der Waals surface area (Å²) >= 11 is 5.83. The first-order valence-corrected chi connectivity index (χ1v) is 6.40. The summed E-state index contributed by atoms with van der Waals surface area (Å²) in [7, 11) is 0. The second-order valence-corrected chi connectivity index (χ2v) is 5.11. The summed E-state index contributed by atoms with van der Waals surface area (Å²) in [6.07, 6.45) is 0.137. The number of anilines is 1. The summed E-state index contributed by atoms with van der Waals surface area (Å²) in [5.74, 6) is 0.559. The van der Waals surface area contributed by atoms with E-state index in [1.165, 1.54) is 11.0 Å². The highest BCUT2D eigenvalue weighted by atomic mass is 35.5. The third kappa shape index (κ3) is 2.84. The van der Waals surface area contributed by atoms with Gasteiger partial charge in [-0.05, 0) is 20.8 Å². The van der Waals surface area contributed by atoms with Crippen molar-refractivity contribution < 1.29 is 9.59 Å². The first kappa shape index (κ1) is 13.7. The highest BCUT2D eigenvalue weighted by Gasteiger charge is 2.40. The molecule has 6 nitrogen and oxygen atoms in total. The van der Waals surface area contributed by atoms with E-state index in [4.69, 9.17) is 11.6 Å². The van der Waals surface area contributed by atoms with Crippen LogP contribution in [0.25, 0.3) is 0 Å². The molecule has 0 radical (unpaired) electrons. The number of aryl methyl sites for hydroxylation is 1. The first-order chi connectivity index (χ1) is 8.88. The molecule has 1 saturated heterocycles. The van der Waals surface area contributed by atoms with E-state index in [0.29, 0.717) is 16.8 Å². The number of carbonyl (C=O) groups is 2. The third-order valence-corrected chi connectivity index (χ3v) is 3.02. The molecule has 1 aliphatic heterocycles. The molecule has 0 bridgehead atoms. The number of hydrogen-bond donors (Lipinski definition) is 1. The standard InChI is InChI=1S/C12H15ClN4O2/c1-6(2)17-11(18)4-8(12(17)19)16-10-5-9(13)14-7(3)15-10/h5-6,8H,4H2,1-3H3,(H,14,15,16). The molecule has 2 heterocycles. The fourth-order valence-corrected chi connectivity index (χ4v) is 2.32. The maximum absolute atomic E-state index is 12.1. The largest absolute Gasteiger partial charge is 0.358 e. The van der Waals surface area contributed by atoms with Crippen molar-refractivity contribution in [2.24, 2.45) is 0 Å². The second kappa shape index (κ2) is 5.13. The minimum atomic E-state index is -0.583. The van der Waals surface area contributed by atoms with Crippen LogP contribution in [-0.4, -0.2) is 38.8 Å². The van der Waals surface area contributed by atoms with Crippen LogP contribution < -0.4 is 5.32 Å². The molecule has 1 aliphatic rings. The van der Waals surface area contributed by atoms with E-state index in [0.717, 1.165) is 0 Å². The fourth-order valence-electron chi connectivity index (χ4n) is 2.09. The number of rotatable bonds is 3. The summed E-state index contributed by atoms with van der Waals surface area (Å²) in [6.45, 7) is 5.33. The lowest BCUT2D eigenvalue weighted by molar-refractivity contribution is -0.140. The summed E-state index contributed by atoms with van der Waals surface area (Å²) in [6, 6.07) is 0.812. The number of imide groups is 1. The van der Waals surface area contributed by atoms with Gasteiger partial charge in [-0.25, -0.2) is 9.97 Å². The highest BCUT2D eigenvalue weighted by molar-refractivity contribution is 6.29. The monoisotopic (exact) mass is 282 g/mol. The third-order valence-electron chi connectivity index (χ3n) is 2.83. The van der Waals surface area contributed by atoms with Crippen molar-refractivity contribution in [3.63, 3.8) is 0 Å². The van der Waals surface area contributed by atoms with Crippen molar-refractivity contribution in [3.8, 4) is 0 Å². The lowest BCUT2D eigenvalue weighted by atomic mass is 10.2. The molecule has 1 aromatic rings. The van der Waals surface area contributed by atoms with E-state index < -0.39 is 6.04 Å². The molecular weight excluding hydrogens is 268 g/mol. The Bertz CT molecular complexity index is 512. The van der Waals surface area contributed by atoms with Gasteiger partial charge < -0.3 is 5.32 Å². The molecule has 19 heavy (non-hydrogen) atoms. The minimum Gasteiger partial charge on any atom is -0.358 e. The van der Waals surface area contributed by atoms with Crippen molar-refractivity contribution in [2.75, 3.05) is 5.32 Å². The number of hydrogen-bond acceptors (Lipinski definition) is 5. The van der Waals surface area contributed by atoms with Gasteiger partial charge in [0.25, 0.3) is 5.91 Å². The van der Waals surface area contributed by atoms with Crippen LogP contribution in [0.4, 0.5) is 5.82 Å². The predicted octanol–water partition coefficient (Wildman–Crippen LogP) is 1.39. The number of halogens is 1. The van der Waals surface area contributed by atoms with Crippen LogP contribution in [0.1, 0.15) is 26.1 Å². The first-order valence-electron chi connectivity index (χ1n) is 6.02. The Morgan fingerprint density at radius 2 is 2.11 bits per heavy atom. The molecular formula is C12H15ClN4O2. The van der Waals surface area contributed by atoms with Gasteiger partial charge in [0, 0.05) is 12.1 Å². The predicted molar refractivity (Wildman–Crippen MR) is 70.8 cm³/mol. The van der Waals surface area contributed by atoms with Gasteiger partial charge in [0.05, 0.1) is 6.42 Å². The van der Waals surface area contributed by atoms with Crippen LogP contribution in [0.3, 0.4) is 0 Å². The van der Waals surface area contributed by atoms with Crippen LogP contribution >= 0.6 is 11.6 Å². The Labute approximate surface area is 116 Å². The number of carbonyl (C=O) groups excluding carboxylic acids is 2. The zero-order valence-corrected chi connectivity index (χ0v) is 11.7. The topological polar surface area (TPSA) is 75.2 Å². The molecule has 1 N–H and O–H groups in total. The van der Waals surface area contributed by atoms with Gasteiger partial charge in [0.2, 0.25) is 5.91 Å². The number of likely N-dealkylation sites (tertiary alicyclic amines) is 1. The molecule has 2 rings (SSSR count). The van der Waals surface area contributed by atoms with Gasteiger partial charge >= 0.3 is 0 Å². The Kier molecular flexibility index (Phi) is 3.71. The maximum Gasteiger partial charge on any atom is 0.252 e. The molecule has 1 fully saturated rings. The maximum atomic E-state index is 12.1. The van der Waals surface area contributed by atoms with Gasteiger partial charge in [0.15, 0.2) is 0 Å². The average molecular weight is 283 g/mol. The normalized spacial score (nSPS) is 19.4. The molecule has 0 saturated carbocycles. The van der Waals surface area contributed by atoms with Crippen LogP contribution in [0.2, 0.25) is 5.15 Å². The van der Waals surface area contributed by atoms with Crippen LogP contribution in [0, 0.1) is 6.92 Å². The zero-order valence-electron chi connectivity index (χ0n) is 11.0. The van der Waals surface area contributed by atoms with Crippen LogP contribution in [0.15, 0.2) is 6.07 Å². The molecule has 1 unspecified atom stereocenters. The molecule has 7 heteroatoms. The van der Waals surface area contributed by atoms with E-state index in [-0.39, 0.29) is 24.3 Å². The summed E-state index contributed by atoms with van der Waals surface area (Å²) < 4.78 is 0.